The summed E-state index contributed by atoms with van der Waals surface area (Å²) >= 11 is 7.65. The lowest BCUT2D eigenvalue weighted by Gasteiger charge is -2.05. The van der Waals surface area contributed by atoms with Gasteiger partial charge in [-0.3, -0.25) is 0 Å². The van der Waals surface area contributed by atoms with Gasteiger partial charge in [-0.15, -0.1) is 11.3 Å². The van der Waals surface area contributed by atoms with E-state index in [-0.39, 0.29) is 0 Å². The zero-order valence-electron chi connectivity index (χ0n) is 10.1. The molecule has 0 aliphatic heterocycles. The first-order chi connectivity index (χ1) is 8.79. The summed E-state index contributed by atoms with van der Waals surface area (Å²) < 4.78 is 5.63. The lowest BCUT2D eigenvalue weighted by atomic mass is 10.3. The van der Waals surface area contributed by atoms with E-state index in [0.29, 0.717) is 17.4 Å². The van der Waals surface area contributed by atoms with Gasteiger partial charge in [-0.1, -0.05) is 30.7 Å². The van der Waals surface area contributed by atoms with E-state index in [9.17, 15) is 0 Å². The van der Waals surface area contributed by atoms with Crippen LogP contribution in [0.5, 0.6) is 5.75 Å². The largest absolute Gasteiger partial charge is 0.486 e. The Balaban J connectivity index is 1.90. The summed E-state index contributed by atoms with van der Waals surface area (Å²) in [6, 6.07) is 7.45. The Bertz CT molecular complexity index is 501. The van der Waals surface area contributed by atoms with E-state index in [1.54, 1.807) is 11.3 Å². The van der Waals surface area contributed by atoms with Gasteiger partial charge in [0.1, 0.15) is 17.4 Å². The topological polar surface area (TPSA) is 34.2 Å². The van der Waals surface area contributed by atoms with Crippen LogP contribution in [0.3, 0.4) is 0 Å². The maximum atomic E-state index is 6.01. The van der Waals surface area contributed by atoms with E-state index >= 15 is 0 Å². The lowest BCUT2D eigenvalue weighted by molar-refractivity contribution is 0.302. The Labute approximate surface area is 116 Å². The number of para-hydroxylation sites is 1. The Morgan fingerprint density at radius 3 is 3.00 bits per heavy atom. The van der Waals surface area contributed by atoms with Crippen LogP contribution in [0.25, 0.3) is 0 Å². The second-order valence-corrected chi connectivity index (χ2v) is 5.08. The second kappa shape index (κ2) is 6.73. The van der Waals surface area contributed by atoms with Crippen LogP contribution in [-0.2, 0) is 13.2 Å². The fourth-order valence-corrected chi connectivity index (χ4v) is 2.38. The van der Waals surface area contributed by atoms with Gasteiger partial charge in [0.15, 0.2) is 0 Å². The van der Waals surface area contributed by atoms with E-state index in [1.165, 1.54) is 0 Å². The quantitative estimate of drug-likeness (QED) is 0.881. The molecule has 1 N–H and O–H groups in total. The van der Waals surface area contributed by atoms with Gasteiger partial charge in [0.2, 0.25) is 0 Å². The minimum Gasteiger partial charge on any atom is -0.486 e. The molecule has 0 amide bonds. The monoisotopic (exact) mass is 282 g/mol. The molecule has 1 aromatic carbocycles. The summed E-state index contributed by atoms with van der Waals surface area (Å²) in [4.78, 5) is 4.48. The molecule has 0 bridgehead atoms. The maximum absolute atomic E-state index is 6.01. The molecule has 3 nitrogen and oxygen atoms in total. The highest BCUT2D eigenvalue weighted by Crippen LogP contribution is 2.24. The smallest absolute Gasteiger partial charge is 0.138 e. The minimum atomic E-state index is 0.451. The van der Waals surface area contributed by atoms with Crippen molar-refractivity contribution in [2.75, 3.05) is 6.54 Å². The van der Waals surface area contributed by atoms with E-state index in [2.05, 4.69) is 17.2 Å². The summed E-state index contributed by atoms with van der Waals surface area (Å²) in [6.45, 7) is 4.29. The molecule has 0 saturated carbocycles. The van der Waals surface area contributed by atoms with E-state index < -0.39 is 0 Å². The Kier molecular flexibility index (Phi) is 4.99. The number of thiazole rings is 1. The Morgan fingerprint density at radius 2 is 2.22 bits per heavy atom. The Hall–Kier alpha value is -1.10. The van der Waals surface area contributed by atoms with Crippen LogP contribution in [0.15, 0.2) is 29.6 Å². The average Bonchev–Trinajstić information content (AvgIpc) is 2.83. The highest BCUT2D eigenvalue weighted by Gasteiger charge is 2.04. The third kappa shape index (κ3) is 3.70. The zero-order chi connectivity index (χ0) is 12.8. The van der Waals surface area contributed by atoms with Crippen LogP contribution in [0.2, 0.25) is 5.02 Å². The van der Waals surface area contributed by atoms with Crippen LogP contribution in [0.1, 0.15) is 17.6 Å². The minimum absolute atomic E-state index is 0.451. The molecule has 0 aliphatic carbocycles. The van der Waals surface area contributed by atoms with Crippen molar-refractivity contribution in [3.05, 3.63) is 45.4 Å². The molecular formula is C13H15ClN2OS. The van der Waals surface area contributed by atoms with Crippen LogP contribution in [0.4, 0.5) is 0 Å². The van der Waals surface area contributed by atoms with Crippen LogP contribution < -0.4 is 10.1 Å². The second-order valence-electron chi connectivity index (χ2n) is 3.73. The fourth-order valence-electron chi connectivity index (χ4n) is 1.44. The van der Waals surface area contributed by atoms with Gasteiger partial charge in [0.25, 0.3) is 0 Å². The van der Waals surface area contributed by atoms with Crippen molar-refractivity contribution in [1.29, 1.82) is 0 Å². The van der Waals surface area contributed by atoms with Crippen LogP contribution >= 0.6 is 22.9 Å². The first-order valence-electron chi connectivity index (χ1n) is 5.81. The first kappa shape index (κ1) is 13.3. The number of benzene rings is 1. The summed E-state index contributed by atoms with van der Waals surface area (Å²) in [5.41, 5.74) is 0.938. The highest BCUT2D eigenvalue weighted by atomic mass is 35.5. The summed E-state index contributed by atoms with van der Waals surface area (Å²) in [5, 5.41) is 6.97. The number of hydrogen-bond acceptors (Lipinski definition) is 4. The molecule has 0 atom stereocenters. The van der Waals surface area contributed by atoms with Gasteiger partial charge in [0, 0.05) is 11.9 Å². The lowest BCUT2D eigenvalue weighted by Crippen LogP contribution is -2.11. The molecule has 0 saturated heterocycles. The van der Waals surface area contributed by atoms with Gasteiger partial charge < -0.3 is 10.1 Å². The van der Waals surface area contributed by atoms with E-state index in [1.807, 2.05) is 29.6 Å². The molecule has 1 heterocycles. The number of halogens is 1. The number of ether oxygens (including phenoxy) is 1. The van der Waals surface area contributed by atoms with Gasteiger partial charge in [-0.2, -0.15) is 0 Å². The molecule has 0 aliphatic rings. The predicted molar refractivity (Wildman–Crippen MR) is 75.3 cm³/mol. The SMILES string of the molecule is CCNCc1nc(COc2ccccc2Cl)cs1. The predicted octanol–water partition coefficient (Wildman–Crippen LogP) is 3.49. The molecule has 0 radical (unpaired) electrons. The summed E-state index contributed by atoms with van der Waals surface area (Å²) in [6.07, 6.45) is 0. The summed E-state index contributed by atoms with van der Waals surface area (Å²) in [7, 11) is 0. The Morgan fingerprint density at radius 1 is 1.39 bits per heavy atom. The number of rotatable bonds is 6. The van der Waals surface area contributed by atoms with E-state index in [4.69, 9.17) is 16.3 Å². The maximum Gasteiger partial charge on any atom is 0.138 e. The van der Waals surface area contributed by atoms with Crippen molar-refractivity contribution in [3.8, 4) is 5.75 Å². The fraction of sp³-hybridized carbons (Fsp3) is 0.308. The standard InChI is InChI=1S/C13H15ClN2OS/c1-2-15-7-13-16-10(9-18-13)8-17-12-6-4-3-5-11(12)14/h3-6,9,15H,2,7-8H2,1H3. The molecule has 0 spiro atoms. The molecular weight excluding hydrogens is 268 g/mol. The van der Waals surface area contributed by atoms with Crippen molar-refractivity contribution in [2.45, 2.75) is 20.1 Å². The third-order valence-electron chi connectivity index (χ3n) is 2.34. The van der Waals surface area contributed by atoms with Crippen LogP contribution in [-0.4, -0.2) is 11.5 Å². The summed E-state index contributed by atoms with van der Waals surface area (Å²) in [5.74, 6) is 0.695. The van der Waals surface area contributed by atoms with Gasteiger partial charge in [-0.05, 0) is 18.7 Å². The van der Waals surface area contributed by atoms with Crippen molar-refractivity contribution < 1.29 is 4.74 Å². The molecule has 96 valence electrons. The molecule has 5 heteroatoms. The van der Waals surface area contributed by atoms with Gasteiger partial charge >= 0.3 is 0 Å². The molecule has 1 aromatic heterocycles. The van der Waals surface area contributed by atoms with Crippen molar-refractivity contribution in [2.24, 2.45) is 0 Å². The van der Waals surface area contributed by atoms with Gasteiger partial charge in [-0.25, -0.2) is 4.98 Å². The number of hydrogen-bond donors (Lipinski definition) is 1. The molecule has 2 aromatic rings. The van der Waals surface area contributed by atoms with Crippen molar-refractivity contribution in [3.63, 3.8) is 0 Å². The molecule has 18 heavy (non-hydrogen) atoms. The van der Waals surface area contributed by atoms with E-state index in [0.717, 1.165) is 23.8 Å². The number of aromatic nitrogens is 1. The normalized spacial score (nSPS) is 10.6. The number of nitrogens with one attached hydrogen (secondary N) is 1. The first-order valence-corrected chi connectivity index (χ1v) is 7.06. The molecule has 0 fully saturated rings. The van der Waals surface area contributed by atoms with Crippen molar-refractivity contribution in [1.82, 2.24) is 10.3 Å². The molecule has 0 unspecified atom stereocenters. The third-order valence-corrected chi connectivity index (χ3v) is 3.55. The molecule has 2 rings (SSSR count). The highest BCUT2D eigenvalue weighted by molar-refractivity contribution is 7.09. The number of nitrogens with zero attached hydrogens (tertiary/aromatic N) is 1. The van der Waals surface area contributed by atoms with Crippen LogP contribution in [0, 0.1) is 0 Å². The van der Waals surface area contributed by atoms with Crippen molar-refractivity contribution >= 4 is 22.9 Å². The van der Waals surface area contributed by atoms with Gasteiger partial charge in [0.05, 0.1) is 10.7 Å². The average molecular weight is 283 g/mol. The zero-order valence-corrected chi connectivity index (χ0v) is 11.7.